The zero-order valence-corrected chi connectivity index (χ0v) is 9.92. The van der Waals surface area contributed by atoms with Gasteiger partial charge in [0, 0.05) is 30.1 Å². The highest BCUT2D eigenvalue weighted by Gasteiger charge is 2.22. The molecule has 0 amide bonds. The molecule has 1 aliphatic rings. The van der Waals surface area contributed by atoms with Gasteiger partial charge in [-0.2, -0.15) is 11.8 Å². The smallest absolute Gasteiger partial charge is 0.306 e. The van der Waals surface area contributed by atoms with E-state index in [-0.39, 0.29) is 12.0 Å². The maximum Gasteiger partial charge on any atom is 0.306 e. The number of rotatable bonds is 6. The molecule has 88 valence electrons. The van der Waals surface area contributed by atoms with Crippen LogP contribution in [0.1, 0.15) is 12.8 Å². The van der Waals surface area contributed by atoms with Crippen molar-refractivity contribution in [3.63, 3.8) is 0 Å². The molecule has 4 nitrogen and oxygen atoms in total. The summed E-state index contributed by atoms with van der Waals surface area (Å²) in [6.45, 7) is 1.63. The van der Waals surface area contributed by atoms with Gasteiger partial charge in [0.15, 0.2) is 0 Å². The zero-order chi connectivity index (χ0) is 11.1. The molecule has 1 heterocycles. The lowest BCUT2D eigenvalue weighted by molar-refractivity contribution is -0.140. The van der Waals surface area contributed by atoms with E-state index in [4.69, 9.17) is 10.5 Å². The van der Waals surface area contributed by atoms with Crippen LogP contribution in [0.4, 0.5) is 0 Å². The van der Waals surface area contributed by atoms with Crippen molar-refractivity contribution in [3.05, 3.63) is 0 Å². The van der Waals surface area contributed by atoms with Gasteiger partial charge in [0.05, 0.1) is 20.1 Å². The van der Waals surface area contributed by atoms with Crippen molar-refractivity contribution in [3.8, 4) is 0 Å². The molecule has 2 atom stereocenters. The van der Waals surface area contributed by atoms with Crippen LogP contribution < -0.4 is 5.73 Å². The van der Waals surface area contributed by atoms with Gasteiger partial charge < -0.3 is 15.2 Å². The second kappa shape index (κ2) is 7.09. The first kappa shape index (κ1) is 12.8. The molecule has 0 radical (unpaired) electrons. The number of esters is 1. The normalized spacial score (nSPS) is 22.7. The number of carbonyl (C=O) groups excluding carboxylic acids is 1. The molecule has 0 spiro atoms. The van der Waals surface area contributed by atoms with Crippen LogP contribution in [0.15, 0.2) is 0 Å². The minimum absolute atomic E-state index is 0.153. The van der Waals surface area contributed by atoms with Crippen molar-refractivity contribution in [1.29, 1.82) is 0 Å². The summed E-state index contributed by atoms with van der Waals surface area (Å²) in [5, 5.41) is 0. The molecule has 0 aromatic heterocycles. The number of thioether (sulfide) groups is 1. The molecule has 0 saturated carbocycles. The van der Waals surface area contributed by atoms with Gasteiger partial charge in [0.25, 0.3) is 0 Å². The Morgan fingerprint density at radius 3 is 3.13 bits per heavy atom. The molecule has 0 aliphatic carbocycles. The number of nitrogens with two attached hydrogens (primary N) is 1. The summed E-state index contributed by atoms with van der Waals surface area (Å²) in [5.74, 6) is 2.02. The Kier molecular flexibility index (Phi) is 6.05. The average molecular weight is 233 g/mol. The first-order valence-electron chi connectivity index (χ1n) is 5.22. The van der Waals surface area contributed by atoms with Crippen molar-refractivity contribution in [2.24, 2.45) is 11.7 Å². The lowest BCUT2D eigenvalue weighted by Gasteiger charge is -2.16. The standard InChI is InChI=1S/C10H19NO3S/c1-13-10(12)3-5-15-7-9(11)8-2-4-14-6-8/h8-9H,2-7,11H2,1H3. The molecule has 0 bridgehead atoms. The topological polar surface area (TPSA) is 61.5 Å². The predicted octanol–water partition coefficient (Wildman–Crippen LogP) is 0.646. The molecule has 1 aliphatic heterocycles. The molecular formula is C10H19NO3S. The van der Waals surface area contributed by atoms with Crippen molar-refractivity contribution < 1.29 is 14.3 Å². The molecule has 0 aromatic rings. The van der Waals surface area contributed by atoms with Crippen molar-refractivity contribution in [1.82, 2.24) is 0 Å². The Balaban J connectivity index is 2.01. The highest BCUT2D eigenvalue weighted by molar-refractivity contribution is 7.99. The molecular weight excluding hydrogens is 214 g/mol. The summed E-state index contributed by atoms with van der Waals surface area (Å²) in [5.41, 5.74) is 6.01. The molecule has 15 heavy (non-hydrogen) atoms. The fourth-order valence-electron chi connectivity index (χ4n) is 1.50. The van der Waals surface area contributed by atoms with Gasteiger partial charge in [-0.25, -0.2) is 0 Å². The third-order valence-corrected chi connectivity index (χ3v) is 3.67. The molecule has 1 saturated heterocycles. The Hall–Kier alpha value is -0.260. The molecule has 1 rings (SSSR count). The largest absolute Gasteiger partial charge is 0.469 e. The second-order valence-electron chi connectivity index (χ2n) is 3.69. The number of methoxy groups -OCH3 is 1. The van der Waals surface area contributed by atoms with E-state index in [0.29, 0.717) is 12.3 Å². The van der Waals surface area contributed by atoms with Crippen molar-refractivity contribution in [2.45, 2.75) is 18.9 Å². The van der Waals surface area contributed by atoms with Crippen LogP contribution in [0.3, 0.4) is 0 Å². The summed E-state index contributed by atoms with van der Waals surface area (Å²) >= 11 is 1.71. The Morgan fingerprint density at radius 2 is 2.53 bits per heavy atom. The van der Waals surface area contributed by atoms with Crippen LogP contribution in [0, 0.1) is 5.92 Å². The third kappa shape index (κ3) is 4.86. The van der Waals surface area contributed by atoms with Crippen LogP contribution >= 0.6 is 11.8 Å². The minimum atomic E-state index is -0.153. The van der Waals surface area contributed by atoms with E-state index in [1.54, 1.807) is 11.8 Å². The van der Waals surface area contributed by atoms with Gasteiger partial charge >= 0.3 is 5.97 Å². The third-order valence-electron chi connectivity index (χ3n) is 2.56. The minimum Gasteiger partial charge on any atom is -0.469 e. The molecule has 2 N–H and O–H groups in total. The Labute approximate surface area is 94.9 Å². The lowest BCUT2D eigenvalue weighted by Crippen LogP contribution is -2.32. The molecule has 5 heteroatoms. The summed E-state index contributed by atoms with van der Waals surface area (Å²) in [6.07, 6.45) is 1.54. The van der Waals surface area contributed by atoms with Gasteiger partial charge in [0.2, 0.25) is 0 Å². The number of ether oxygens (including phenoxy) is 2. The van der Waals surface area contributed by atoms with E-state index in [1.165, 1.54) is 7.11 Å². The summed E-state index contributed by atoms with van der Waals surface area (Å²) in [6, 6.07) is 0.190. The Morgan fingerprint density at radius 1 is 1.73 bits per heavy atom. The van der Waals surface area contributed by atoms with Gasteiger partial charge in [0.1, 0.15) is 0 Å². The second-order valence-corrected chi connectivity index (χ2v) is 4.84. The predicted molar refractivity (Wildman–Crippen MR) is 60.9 cm³/mol. The van der Waals surface area contributed by atoms with E-state index >= 15 is 0 Å². The lowest BCUT2D eigenvalue weighted by atomic mass is 10.0. The van der Waals surface area contributed by atoms with Gasteiger partial charge in [-0.15, -0.1) is 0 Å². The van der Waals surface area contributed by atoms with E-state index in [1.807, 2.05) is 0 Å². The fourth-order valence-corrected chi connectivity index (χ4v) is 2.53. The summed E-state index contributed by atoms with van der Waals surface area (Å²) in [7, 11) is 1.41. The molecule has 1 fully saturated rings. The monoisotopic (exact) mass is 233 g/mol. The first-order chi connectivity index (χ1) is 7.24. The summed E-state index contributed by atoms with van der Waals surface area (Å²) in [4.78, 5) is 10.8. The zero-order valence-electron chi connectivity index (χ0n) is 9.11. The van der Waals surface area contributed by atoms with E-state index < -0.39 is 0 Å². The number of hydrogen-bond acceptors (Lipinski definition) is 5. The number of hydrogen-bond donors (Lipinski definition) is 1. The van der Waals surface area contributed by atoms with Crippen molar-refractivity contribution >= 4 is 17.7 Å². The average Bonchev–Trinajstić information content (AvgIpc) is 2.77. The summed E-state index contributed by atoms with van der Waals surface area (Å²) < 4.78 is 9.83. The highest BCUT2D eigenvalue weighted by Crippen LogP contribution is 2.18. The van der Waals surface area contributed by atoms with Gasteiger partial charge in [-0.3, -0.25) is 4.79 Å². The number of carbonyl (C=O) groups is 1. The van der Waals surface area contributed by atoms with Crippen LogP contribution in [-0.4, -0.2) is 43.8 Å². The van der Waals surface area contributed by atoms with Crippen molar-refractivity contribution in [2.75, 3.05) is 31.8 Å². The first-order valence-corrected chi connectivity index (χ1v) is 6.37. The van der Waals surface area contributed by atoms with Crippen LogP contribution in [0.2, 0.25) is 0 Å². The van der Waals surface area contributed by atoms with Crippen LogP contribution in [-0.2, 0) is 14.3 Å². The fraction of sp³-hybridized carbons (Fsp3) is 0.900. The van der Waals surface area contributed by atoms with Crippen LogP contribution in [0.25, 0.3) is 0 Å². The SMILES string of the molecule is COC(=O)CCSCC(N)C1CCOC1. The molecule has 2 unspecified atom stereocenters. The maximum absolute atomic E-state index is 10.8. The van der Waals surface area contributed by atoms with E-state index in [9.17, 15) is 4.79 Å². The van der Waals surface area contributed by atoms with Gasteiger partial charge in [-0.05, 0) is 6.42 Å². The Bertz CT molecular complexity index is 195. The highest BCUT2D eigenvalue weighted by atomic mass is 32.2. The van der Waals surface area contributed by atoms with Crippen LogP contribution in [0.5, 0.6) is 0 Å². The molecule has 0 aromatic carbocycles. The van der Waals surface area contributed by atoms with E-state index in [0.717, 1.165) is 31.1 Å². The van der Waals surface area contributed by atoms with E-state index in [2.05, 4.69) is 4.74 Å². The maximum atomic E-state index is 10.8. The quantitative estimate of drug-likeness (QED) is 0.539. The van der Waals surface area contributed by atoms with Gasteiger partial charge in [-0.1, -0.05) is 0 Å².